The molecule has 4 heteroatoms. The molecular formula is C23H24O4. The Hall–Kier alpha value is -2.85. The maximum Gasteiger partial charge on any atom is 0.307 e. The van der Waals surface area contributed by atoms with Gasteiger partial charge < -0.3 is 14.9 Å². The summed E-state index contributed by atoms with van der Waals surface area (Å²) in [5, 5.41) is 18.5. The minimum Gasteiger partial charge on any atom is -0.489 e. The highest BCUT2D eigenvalue weighted by atomic mass is 16.5. The number of ether oxygens (including phenoxy) is 1. The molecule has 0 spiro atoms. The molecule has 0 bridgehead atoms. The summed E-state index contributed by atoms with van der Waals surface area (Å²) in [6, 6.07) is 15.6. The second-order valence-electron chi connectivity index (χ2n) is 6.85. The maximum atomic E-state index is 10.8. The molecule has 4 nitrogen and oxygen atoms in total. The van der Waals surface area contributed by atoms with Crippen LogP contribution in [0.4, 0.5) is 0 Å². The molecule has 140 valence electrons. The number of benzene rings is 2. The van der Waals surface area contributed by atoms with Gasteiger partial charge >= 0.3 is 5.97 Å². The Morgan fingerprint density at radius 1 is 1.19 bits per heavy atom. The van der Waals surface area contributed by atoms with Gasteiger partial charge in [0, 0.05) is 0 Å². The lowest BCUT2D eigenvalue weighted by Crippen LogP contribution is -2.09. The van der Waals surface area contributed by atoms with Crippen LogP contribution in [-0.2, 0) is 11.4 Å². The Morgan fingerprint density at radius 3 is 2.63 bits per heavy atom. The molecule has 0 heterocycles. The summed E-state index contributed by atoms with van der Waals surface area (Å²) in [4.78, 5) is 10.8. The van der Waals surface area contributed by atoms with Crippen LogP contribution in [0.1, 0.15) is 42.4 Å². The predicted molar refractivity (Wildman–Crippen MR) is 106 cm³/mol. The van der Waals surface area contributed by atoms with Crippen LogP contribution in [-0.4, -0.2) is 22.3 Å². The highest BCUT2D eigenvalue weighted by Crippen LogP contribution is 2.28. The Morgan fingerprint density at radius 2 is 1.96 bits per heavy atom. The highest BCUT2D eigenvalue weighted by molar-refractivity contribution is 5.83. The lowest BCUT2D eigenvalue weighted by molar-refractivity contribution is -0.135. The Labute approximate surface area is 159 Å². The van der Waals surface area contributed by atoms with Crippen LogP contribution in [0.2, 0.25) is 0 Å². The zero-order valence-corrected chi connectivity index (χ0v) is 15.2. The van der Waals surface area contributed by atoms with Crippen molar-refractivity contribution in [3.63, 3.8) is 0 Å². The first-order valence-electron chi connectivity index (χ1n) is 9.10. The van der Waals surface area contributed by atoms with E-state index in [9.17, 15) is 9.90 Å². The van der Waals surface area contributed by atoms with Gasteiger partial charge in [0.1, 0.15) is 12.4 Å². The fourth-order valence-electron chi connectivity index (χ4n) is 3.18. The van der Waals surface area contributed by atoms with E-state index in [1.54, 1.807) is 0 Å². The molecule has 2 aromatic carbocycles. The lowest BCUT2D eigenvalue weighted by Gasteiger charge is -2.18. The number of allylic oxidation sites excluding steroid dienone is 1. The molecule has 0 radical (unpaired) electrons. The Balaban J connectivity index is 1.61. The number of aliphatic hydroxyl groups excluding tert-OH is 1. The summed E-state index contributed by atoms with van der Waals surface area (Å²) >= 11 is 0. The predicted octanol–water partition coefficient (Wildman–Crippen LogP) is 4.68. The van der Waals surface area contributed by atoms with Gasteiger partial charge in [-0.1, -0.05) is 43.0 Å². The average molecular weight is 364 g/mol. The fourth-order valence-corrected chi connectivity index (χ4v) is 3.18. The summed E-state index contributed by atoms with van der Waals surface area (Å²) in [5.74, 6) is -0.157. The number of aliphatic hydroxyl groups is 1. The monoisotopic (exact) mass is 364 g/mol. The van der Waals surface area contributed by atoms with E-state index in [1.807, 2.05) is 36.4 Å². The van der Waals surface area contributed by atoms with E-state index >= 15 is 0 Å². The van der Waals surface area contributed by atoms with Crippen LogP contribution in [0.15, 0.2) is 61.2 Å². The second kappa shape index (κ2) is 8.69. The fraction of sp³-hybridized carbons (Fsp3) is 0.261. The molecule has 0 aliphatic heterocycles. The van der Waals surface area contributed by atoms with Crippen molar-refractivity contribution in [3.05, 3.63) is 77.9 Å². The van der Waals surface area contributed by atoms with Crippen LogP contribution >= 0.6 is 0 Å². The van der Waals surface area contributed by atoms with Gasteiger partial charge in [-0.2, -0.15) is 0 Å². The van der Waals surface area contributed by atoms with Gasteiger partial charge in [0.15, 0.2) is 0 Å². The van der Waals surface area contributed by atoms with Crippen molar-refractivity contribution in [2.75, 3.05) is 0 Å². The molecule has 27 heavy (non-hydrogen) atoms. The smallest absolute Gasteiger partial charge is 0.307 e. The first-order valence-corrected chi connectivity index (χ1v) is 9.10. The van der Waals surface area contributed by atoms with Crippen molar-refractivity contribution in [1.82, 2.24) is 0 Å². The van der Waals surface area contributed by atoms with Gasteiger partial charge in [-0.25, -0.2) is 0 Å². The molecule has 0 saturated carbocycles. The molecule has 0 saturated heterocycles. The van der Waals surface area contributed by atoms with Gasteiger partial charge in [0.25, 0.3) is 0 Å². The van der Waals surface area contributed by atoms with Crippen LogP contribution in [0.25, 0.3) is 11.1 Å². The molecule has 3 rings (SSSR count). The van der Waals surface area contributed by atoms with Crippen molar-refractivity contribution in [2.24, 2.45) is 0 Å². The van der Waals surface area contributed by atoms with E-state index in [0.717, 1.165) is 36.1 Å². The van der Waals surface area contributed by atoms with Crippen LogP contribution in [0.5, 0.6) is 5.75 Å². The molecule has 0 aromatic heterocycles. The van der Waals surface area contributed by atoms with Gasteiger partial charge in [-0.3, -0.25) is 4.79 Å². The van der Waals surface area contributed by atoms with E-state index in [4.69, 9.17) is 9.84 Å². The zero-order chi connectivity index (χ0) is 19.2. The molecule has 1 aliphatic carbocycles. The first-order chi connectivity index (χ1) is 13.0. The molecular weight excluding hydrogens is 340 g/mol. The van der Waals surface area contributed by atoms with Gasteiger partial charge in [-0.15, -0.1) is 0 Å². The summed E-state index contributed by atoms with van der Waals surface area (Å²) < 4.78 is 5.86. The average Bonchev–Trinajstić information content (AvgIpc) is 2.67. The molecule has 0 amide bonds. The number of rotatable bonds is 7. The van der Waals surface area contributed by atoms with Crippen LogP contribution < -0.4 is 4.74 Å². The molecule has 2 N–H and O–H groups in total. The number of carboxylic acids is 1. The summed E-state index contributed by atoms with van der Waals surface area (Å²) in [6.07, 6.45) is 4.26. The van der Waals surface area contributed by atoms with E-state index in [2.05, 4.69) is 24.8 Å². The van der Waals surface area contributed by atoms with Crippen molar-refractivity contribution in [2.45, 2.75) is 38.4 Å². The Kier molecular flexibility index (Phi) is 6.09. The third-order valence-electron chi connectivity index (χ3n) is 4.71. The van der Waals surface area contributed by atoms with E-state index in [0.29, 0.717) is 12.2 Å². The summed E-state index contributed by atoms with van der Waals surface area (Å²) in [7, 11) is 0. The van der Waals surface area contributed by atoms with Gasteiger partial charge in [0.2, 0.25) is 0 Å². The van der Waals surface area contributed by atoms with Gasteiger partial charge in [0.05, 0.1) is 12.5 Å². The normalized spacial score (nSPS) is 16.5. The van der Waals surface area contributed by atoms with Gasteiger partial charge in [-0.05, 0) is 65.3 Å². The first kappa shape index (κ1) is 18.9. The molecule has 1 unspecified atom stereocenters. The highest BCUT2D eigenvalue weighted by Gasteiger charge is 2.13. The third-order valence-corrected chi connectivity index (χ3v) is 4.71. The van der Waals surface area contributed by atoms with E-state index in [-0.39, 0.29) is 12.5 Å². The van der Waals surface area contributed by atoms with Crippen LogP contribution in [0.3, 0.4) is 0 Å². The number of aliphatic carboxylic acids is 1. The van der Waals surface area contributed by atoms with E-state index < -0.39 is 5.97 Å². The van der Waals surface area contributed by atoms with Crippen molar-refractivity contribution < 1.29 is 19.7 Å². The summed E-state index contributed by atoms with van der Waals surface area (Å²) in [6.45, 7) is 4.26. The molecule has 1 aliphatic rings. The third kappa shape index (κ3) is 5.31. The molecule has 0 fully saturated rings. The van der Waals surface area contributed by atoms with Crippen LogP contribution in [0, 0.1) is 0 Å². The van der Waals surface area contributed by atoms with Crippen molar-refractivity contribution in [1.29, 1.82) is 0 Å². The largest absolute Gasteiger partial charge is 0.489 e. The van der Waals surface area contributed by atoms with E-state index in [1.165, 1.54) is 11.1 Å². The Bertz CT molecular complexity index is 849. The minimum atomic E-state index is -0.886. The minimum absolute atomic E-state index is 0.0696. The standard InChI is InChI=1S/C23H24O4/c1-16(13-23(25)26)18-7-11-22(12-8-18)27-15-17-3-2-4-20(14-17)19-5-9-21(24)10-6-19/h2-5,7-8,11-12,14,21,24H,1,6,9-10,13,15H2,(H,25,26). The quantitative estimate of drug-likeness (QED) is 0.748. The number of hydrogen-bond donors (Lipinski definition) is 2. The number of carboxylic acid groups (broad SMARTS) is 1. The second-order valence-corrected chi connectivity index (χ2v) is 6.85. The molecule has 1 atom stereocenters. The SMILES string of the molecule is C=C(CC(=O)O)c1ccc(OCc2cccc(C3=CCC(O)CC3)c2)cc1. The van der Waals surface area contributed by atoms with Crippen molar-refractivity contribution in [3.8, 4) is 5.75 Å². The summed E-state index contributed by atoms with van der Waals surface area (Å²) in [5.41, 5.74) is 4.93. The number of hydrogen-bond acceptors (Lipinski definition) is 3. The lowest BCUT2D eigenvalue weighted by atomic mass is 9.91. The topological polar surface area (TPSA) is 66.8 Å². The van der Waals surface area contributed by atoms with Crippen molar-refractivity contribution >= 4 is 17.1 Å². The zero-order valence-electron chi connectivity index (χ0n) is 15.2. The molecule has 2 aromatic rings. The maximum absolute atomic E-state index is 10.8. The number of carbonyl (C=O) groups is 1.